The summed E-state index contributed by atoms with van der Waals surface area (Å²) in [5.74, 6) is -0.111. The van der Waals surface area contributed by atoms with Crippen LogP contribution in [-0.4, -0.2) is 29.0 Å². The molecule has 0 saturated carbocycles. The van der Waals surface area contributed by atoms with Crippen molar-refractivity contribution in [3.8, 4) is 10.7 Å². The number of amides is 1. The third-order valence-electron chi connectivity index (χ3n) is 4.71. The molecule has 1 saturated heterocycles. The fourth-order valence-corrected chi connectivity index (χ4v) is 4.44. The van der Waals surface area contributed by atoms with E-state index >= 15 is 0 Å². The quantitative estimate of drug-likeness (QED) is 0.638. The summed E-state index contributed by atoms with van der Waals surface area (Å²) < 4.78 is 0. The molecule has 3 heterocycles. The number of rotatable bonds is 5. The molecule has 1 aliphatic rings. The lowest BCUT2D eigenvalue weighted by molar-refractivity contribution is -0.115. The van der Waals surface area contributed by atoms with Gasteiger partial charge < -0.3 is 10.2 Å². The summed E-state index contributed by atoms with van der Waals surface area (Å²) in [5.41, 5.74) is 3.30. The molecular formula is C21H21ClN4OS. The van der Waals surface area contributed by atoms with E-state index in [-0.39, 0.29) is 12.3 Å². The minimum absolute atomic E-state index is 0.111. The van der Waals surface area contributed by atoms with Gasteiger partial charge in [-0.05, 0) is 49.6 Å². The number of carbonyl (C=O) groups is 1. The average molecular weight is 413 g/mol. The van der Waals surface area contributed by atoms with Crippen LogP contribution in [0.1, 0.15) is 25.0 Å². The Kier molecular flexibility index (Phi) is 5.88. The molecule has 1 fully saturated rings. The van der Waals surface area contributed by atoms with Crippen molar-refractivity contribution in [2.75, 3.05) is 23.3 Å². The molecule has 0 bridgehead atoms. The summed E-state index contributed by atoms with van der Waals surface area (Å²) in [6, 6.07) is 11.4. The summed E-state index contributed by atoms with van der Waals surface area (Å²) in [4.78, 5) is 23.5. The van der Waals surface area contributed by atoms with E-state index in [0.29, 0.717) is 10.7 Å². The maximum atomic E-state index is 12.4. The smallest absolute Gasteiger partial charge is 0.230 e. The number of piperidine rings is 1. The Bertz CT molecular complexity index is 954. The Morgan fingerprint density at radius 2 is 2.04 bits per heavy atom. The maximum Gasteiger partial charge on any atom is 0.230 e. The van der Waals surface area contributed by atoms with Crippen LogP contribution in [0.25, 0.3) is 10.7 Å². The molecule has 0 unspecified atom stereocenters. The number of thiazole rings is 1. The molecular weight excluding hydrogens is 392 g/mol. The lowest BCUT2D eigenvalue weighted by Gasteiger charge is -2.29. The zero-order chi connectivity index (χ0) is 19.3. The molecule has 0 aliphatic carbocycles. The number of hydrogen-bond acceptors (Lipinski definition) is 5. The molecule has 3 aromatic rings. The second kappa shape index (κ2) is 8.71. The molecule has 28 heavy (non-hydrogen) atoms. The SMILES string of the molecule is O=C(Cc1csc(-c2ccccn2)n1)Nc1ccc(N2CCCCC2)c(Cl)c1. The Hall–Kier alpha value is -2.44. The van der Waals surface area contributed by atoms with Crippen molar-refractivity contribution in [1.82, 2.24) is 9.97 Å². The number of carbonyl (C=O) groups excluding carboxylic acids is 1. The number of nitrogens with zero attached hydrogens (tertiary/aromatic N) is 3. The predicted octanol–water partition coefficient (Wildman–Crippen LogP) is 5.03. The van der Waals surface area contributed by atoms with Crippen LogP contribution in [0.5, 0.6) is 0 Å². The minimum atomic E-state index is -0.111. The van der Waals surface area contributed by atoms with Crippen LogP contribution < -0.4 is 10.2 Å². The predicted molar refractivity (Wildman–Crippen MR) is 115 cm³/mol. The monoisotopic (exact) mass is 412 g/mol. The highest BCUT2D eigenvalue weighted by Gasteiger charge is 2.15. The lowest BCUT2D eigenvalue weighted by Crippen LogP contribution is -2.29. The summed E-state index contributed by atoms with van der Waals surface area (Å²) in [7, 11) is 0. The number of halogens is 1. The first-order chi connectivity index (χ1) is 13.7. The number of aromatic nitrogens is 2. The summed E-state index contributed by atoms with van der Waals surface area (Å²) in [6.07, 6.45) is 5.63. The van der Waals surface area contributed by atoms with Crippen LogP contribution in [0.4, 0.5) is 11.4 Å². The normalized spacial score (nSPS) is 14.1. The van der Waals surface area contributed by atoms with E-state index in [1.807, 2.05) is 41.8 Å². The number of benzene rings is 1. The fraction of sp³-hybridized carbons (Fsp3) is 0.286. The van der Waals surface area contributed by atoms with E-state index < -0.39 is 0 Å². The molecule has 1 aliphatic heterocycles. The lowest BCUT2D eigenvalue weighted by atomic mass is 10.1. The Morgan fingerprint density at radius 1 is 1.18 bits per heavy atom. The Morgan fingerprint density at radius 3 is 2.79 bits per heavy atom. The van der Waals surface area contributed by atoms with Crippen molar-refractivity contribution in [2.45, 2.75) is 25.7 Å². The zero-order valence-electron chi connectivity index (χ0n) is 15.4. The van der Waals surface area contributed by atoms with Gasteiger partial charge in [-0.15, -0.1) is 11.3 Å². The maximum absolute atomic E-state index is 12.4. The highest BCUT2D eigenvalue weighted by Crippen LogP contribution is 2.31. The Balaban J connectivity index is 1.39. The Labute approximate surface area is 173 Å². The number of nitrogens with one attached hydrogen (secondary N) is 1. The van der Waals surface area contributed by atoms with E-state index in [1.54, 1.807) is 6.20 Å². The zero-order valence-corrected chi connectivity index (χ0v) is 17.0. The standard InChI is InChI=1S/C21H21ClN4OS/c22-17-12-15(7-8-19(17)26-10-4-1-5-11-26)24-20(27)13-16-14-28-21(25-16)18-6-2-3-9-23-18/h2-3,6-9,12,14H,1,4-5,10-11,13H2,(H,24,27). The second-order valence-electron chi connectivity index (χ2n) is 6.80. The largest absolute Gasteiger partial charge is 0.370 e. The number of hydrogen-bond donors (Lipinski definition) is 1. The fourth-order valence-electron chi connectivity index (χ4n) is 3.34. The molecule has 7 heteroatoms. The number of anilines is 2. The van der Waals surface area contributed by atoms with Gasteiger partial charge in [0, 0.05) is 30.4 Å². The van der Waals surface area contributed by atoms with Crippen molar-refractivity contribution in [2.24, 2.45) is 0 Å². The highest BCUT2D eigenvalue weighted by molar-refractivity contribution is 7.13. The second-order valence-corrected chi connectivity index (χ2v) is 8.06. The van der Waals surface area contributed by atoms with Crippen LogP contribution in [0.3, 0.4) is 0 Å². The first kappa shape index (κ1) is 18.9. The summed E-state index contributed by atoms with van der Waals surface area (Å²) in [5, 5.41) is 6.31. The van der Waals surface area contributed by atoms with Gasteiger partial charge in [0.1, 0.15) is 5.01 Å². The van der Waals surface area contributed by atoms with Crippen molar-refractivity contribution in [1.29, 1.82) is 0 Å². The van der Waals surface area contributed by atoms with E-state index in [1.165, 1.54) is 30.6 Å². The first-order valence-corrected chi connectivity index (χ1v) is 10.6. The van der Waals surface area contributed by atoms with Crippen LogP contribution >= 0.6 is 22.9 Å². The molecule has 1 aromatic carbocycles. The van der Waals surface area contributed by atoms with Gasteiger partial charge in [0.25, 0.3) is 0 Å². The first-order valence-electron chi connectivity index (χ1n) is 9.39. The summed E-state index contributed by atoms with van der Waals surface area (Å²) in [6.45, 7) is 2.07. The van der Waals surface area contributed by atoms with Crippen molar-refractivity contribution in [3.63, 3.8) is 0 Å². The van der Waals surface area contributed by atoms with Crippen LogP contribution in [0, 0.1) is 0 Å². The molecule has 144 valence electrons. The molecule has 1 N–H and O–H groups in total. The van der Waals surface area contributed by atoms with Gasteiger partial charge in [-0.25, -0.2) is 4.98 Å². The van der Waals surface area contributed by atoms with Crippen molar-refractivity contribution >= 4 is 40.2 Å². The minimum Gasteiger partial charge on any atom is -0.370 e. The third kappa shape index (κ3) is 4.51. The number of pyridine rings is 1. The van der Waals surface area contributed by atoms with Crippen LogP contribution in [0.15, 0.2) is 48.0 Å². The summed E-state index contributed by atoms with van der Waals surface area (Å²) >= 11 is 7.96. The van der Waals surface area contributed by atoms with E-state index in [4.69, 9.17) is 11.6 Å². The van der Waals surface area contributed by atoms with E-state index in [2.05, 4.69) is 20.2 Å². The van der Waals surface area contributed by atoms with Gasteiger partial charge in [0.05, 0.1) is 28.5 Å². The van der Waals surface area contributed by atoms with Crippen LogP contribution in [-0.2, 0) is 11.2 Å². The molecule has 5 nitrogen and oxygen atoms in total. The van der Waals surface area contributed by atoms with Gasteiger partial charge in [0.15, 0.2) is 0 Å². The van der Waals surface area contributed by atoms with Gasteiger partial charge in [0.2, 0.25) is 5.91 Å². The van der Waals surface area contributed by atoms with E-state index in [9.17, 15) is 4.79 Å². The molecule has 0 radical (unpaired) electrons. The van der Waals surface area contributed by atoms with E-state index in [0.717, 1.165) is 35.2 Å². The topological polar surface area (TPSA) is 58.1 Å². The molecule has 0 atom stereocenters. The van der Waals surface area contributed by atoms with Gasteiger partial charge in [-0.1, -0.05) is 17.7 Å². The molecule has 4 rings (SSSR count). The third-order valence-corrected chi connectivity index (χ3v) is 5.92. The molecule has 2 aromatic heterocycles. The average Bonchev–Trinajstić information content (AvgIpc) is 3.18. The van der Waals surface area contributed by atoms with Crippen molar-refractivity contribution < 1.29 is 4.79 Å². The molecule has 0 spiro atoms. The van der Waals surface area contributed by atoms with Gasteiger partial charge in [-0.3, -0.25) is 9.78 Å². The van der Waals surface area contributed by atoms with Crippen LogP contribution in [0.2, 0.25) is 5.02 Å². The van der Waals surface area contributed by atoms with Gasteiger partial charge >= 0.3 is 0 Å². The molecule has 1 amide bonds. The van der Waals surface area contributed by atoms with Gasteiger partial charge in [-0.2, -0.15) is 0 Å². The van der Waals surface area contributed by atoms with Crippen molar-refractivity contribution in [3.05, 3.63) is 58.7 Å². The highest BCUT2D eigenvalue weighted by atomic mass is 35.5.